The maximum Gasteiger partial charge on any atom is 0.241 e. The van der Waals surface area contributed by atoms with Crippen LogP contribution in [0.5, 0.6) is 0 Å². The van der Waals surface area contributed by atoms with Crippen LogP contribution in [-0.2, 0) is 16.0 Å². The number of likely N-dealkylation sites (N-methyl/N-ethyl adjacent to an activating group) is 1. The molecule has 0 aliphatic heterocycles. The number of nitrogens with one attached hydrogen (secondary N) is 2. The van der Waals surface area contributed by atoms with Crippen molar-refractivity contribution in [3.05, 3.63) is 30.1 Å². The van der Waals surface area contributed by atoms with Crippen molar-refractivity contribution in [3.63, 3.8) is 0 Å². The van der Waals surface area contributed by atoms with E-state index in [1.165, 1.54) is 38.5 Å². The number of ether oxygens (including phenoxy) is 1. The number of amides is 1. The molecular formula is C21H35N5O2. The summed E-state index contributed by atoms with van der Waals surface area (Å²) in [5, 5.41) is 6.28. The Labute approximate surface area is 169 Å². The van der Waals surface area contributed by atoms with Crippen molar-refractivity contribution in [3.8, 4) is 0 Å². The number of hydrogen-bond acceptors (Lipinski definition) is 4. The van der Waals surface area contributed by atoms with E-state index in [-0.39, 0.29) is 12.5 Å². The Morgan fingerprint density at radius 3 is 2.71 bits per heavy atom. The van der Waals surface area contributed by atoms with Crippen LogP contribution in [0.25, 0.3) is 0 Å². The van der Waals surface area contributed by atoms with Gasteiger partial charge in [0.15, 0.2) is 5.96 Å². The number of pyridine rings is 1. The summed E-state index contributed by atoms with van der Waals surface area (Å²) in [7, 11) is 3.51. The number of carbonyl (C=O) groups excluding carboxylic acids is 1. The van der Waals surface area contributed by atoms with Crippen molar-refractivity contribution in [1.29, 1.82) is 0 Å². The van der Waals surface area contributed by atoms with Gasteiger partial charge in [0.1, 0.15) is 0 Å². The summed E-state index contributed by atoms with van der Waals surface area (Å²) in [6, 6.07) is 5.82. The fourth-order valence-electron chi connectivity index (χ4n) is 3.27. The molecule has 1 aromatic heterocycles. The smallest absolute Gasteiger partial charge is 0.241 e. The summed E-state index contributed by atoms with van der Waals surface area (Å²) in [5.41, 5.74) is 0.987. The average Bonchev–Trinajstić information content (AvgIpc) is 3.01. The van der Waals surface area contributed by atoms with Crippen molar-refractivity contribution in [1.82, 2.24) is 20.5 Å². The first-order chi connectivity index (χ1) is 13.7. The van der Waals surface area contributed by atoms with Crippen molar-refractivity contribution >= 4 is 11.9 Å². The highest BCUT2D eigenvalue weighted by atomic mass is 16.5. The molecule has 0 bridgehead atoms. The molecule has 1 fully saturated rings. The number of guanidine groups is 1. The molecule has 2 rings (SSSR count). The van der Waals surface area contributed by atoms with E-state index < -0.39 is 0 Å². The first-order valence-corrected chi connectivity index (χ1v) is 10.4. The molecule has 28 heavy (non-hydrogen) atoms. The minimum absolute atomic E-state index is 0.0218. The molecule has 0 atom stereocenters. The Morgan fingerprint density at radius 2 is 2.04 bits per heavy atom. The predicted molar refractivity (Wildman–Crippen MR) is 112 cm³/mol. The van der Waals surface area contributed by atoms with Gasteiger partial charge in [-0.15, -0.1) is 0 Å². The van der Waals surface area contributed by atoms with Crippen molar-refractivity contribution in [2.45, 2.75) is 51.0 Å². The molecule has 156 valence electrons. The normalized spacial score (nSPS) is 15.7. The number of hydrogen-bond donors (Lipinski definition) is 2. The quantitative estimate of drug-likeness (QED) is 0.292. The molecule has 0 unspecified atom stereocenters. The van der Waals surface area contributed by atoms with E-state index in [0.717, 1.165) is 12.1 Å². The molecule has 0 spiro atoms. The summed E-state index contributed by atoms with van der Waals surface area (Å²) in [4.78, 5) is 22.5. The number of carbonyl (C=O) groups is 1. The molecule has 7 heteroatoms. The Bertz CT molecular complexity index is 586. The molecule has 0 saturated heterocycles. The molecule has 1 saturated carbocycles. The third-order valence-electron chi connectivity index (χ3n) is 5.04. The molecule has 1 aliphatic carbocycles. The van der Waals surface area contributed by atoms with Gasteiger partial charge in [0.25, 0.3) is 0 Å². The van der Waals surface area contributed by atoms with Crippen LogP contribution >= 0.6 is 0 Å². The van der Waals surface area contributed by atoms with Crippen LogP contribution in [0.3, 0.4) is 0 Å². The van der Waals surface area contributed by atoms with Gasteiger partial charge in [-0.05, 0) is 25.0 Å². The van der Waals surface area contributed by atoms with Crippen LogP contribution in [0.4, 0.5) is 0 Å². The minimum Gasteiger partial charge on any atom is -0.376 e. The topological polar surface area (TPSA) is 78.9 Å². The molecule has 1 amide bonds. The second-order valence-electron chi connectivity index (χ2n) is 7.22. The highest BCUT2D eigenvalue weighted by molar-refractivity contribution is 5.86. The number of aliphatic imine (C=N–C) groups is 1. The molecule has 1 aliphatic rings. The van der Waals surface area contributed by atoms with Gasteiger partial charge in [0, 0.05) is 45.5 Å². The maximum atomic E-state index is 12.3. The Kier molecular flexibility index (Phi) is 10.4. The predicted octanol–water partition coefficient (Wildman–Crippen LogP) is 1.99. The van der Waals surface area contributed by atoms with E-state index in [1.54, 1.807) is 18.1 Å². The van der Waals surface area contributed by atoms with Gasteiger partial charge in [0.05, 0.1) is 19.3 Å². The third-order valence-corrected chi connectivity index (χ3v) is 5.04. The first kappa shape index (κ1) is 22.1. The lowest BCUT2D eigenvalue weighted by Crippen LogP contribution is -2.44. The van der Waals surface area contributed by atoms with Crippen LogP contribution in [0.1, 0.15) is 44.2 Å². The summed E-state index contributed by atoms with van der Waals surface area (Å²) in [5.74, 6) is 0.643. The van der Waals surface area contributed by atoms with E-state index in [2.05, 4.69) is 20.6 Å². The van der Waals surface area contributed by atoms with Gasteiger partial charge in [-0.25, -0.2) is 0 Å². The van der Waals surface area contributed by atoms with Gasteiger partial charge in [-0.3, -0.25) is 14.8 Å². The minimum atomic E-state index is 0.0218. The highest BCUT2D eigenvalue weighted by Crippen LogP contribution is 2.19. The standard InChI is InChI=1S/C21H35N5O2/c1-22-21(24-14-16-28-19-10-5-3-4-6-11-19)25-17-20(27)26(2)15-12-18-9-7-8-13-23-18/h7-9,13,19H,3-6,10-12,14-17H2,1-2H3,(H2,22,24,25). The second kappa shape index (κ2) is 13.1. The fraction of sp³-hybridized carbons (Fsp3) is 0.667. The van der Waals surface area contributed by atoms with E-state index in [1.807, 2.05) is 25.2 Å². The number of rotatable bonds is 9. The average molecular weight is 390 g/mol. The van der Waals surface area contributed by atoms with E-state index in [4.69, 9.17) is 4.74 Å². The van der Waals surface area contributed by atoms with E-state index >= 15 is 0 Å². The third kappa shape index (κ3) is 8.69. The van der Waals surface area contributed by atoms with Gasteiger partial charge < -0.3 is 20.3 Å². The zero-order valence-electron chi connectivity index (χ0n) is 17.3. The second-order valence-corrected chi connectivity index (χ2v) is 7.22. The Balaban J connectivity index is 1.59. The van der Waals surface area contributed by atoms with Crippen LogP contribution in [0, 0.1) is 0 Å². The molecule has 7 nitrogen and oxygen atoms in total. The number of aromatic nitrogens is 1. The van der Waals surface area contributed by atoms with Gasteiger partial charge >= 0.3 is 0 Å². The van der Waals surface area contributed by atoms with Crippen LogP contribution in [0.15, 0.2) is 29.4 Å². The lowest BCUT2D eigenvalue weighted by atomic mass is 10.1. The van der Waals surface area contributed by atoms with Gasteiger partial charge in [0.2, 0.25) is 5.91 Å². The van der Waals surface area contributed by atoms with Gasteiger partial charge in [-0.2, -0.15) is 0 Å². The van der Waals surface area contributed by atoms with E-state index in [9.17, 15) is 4.79 Å². The molecular weight excluding hydrogens is 354 g/mol. The van der Waals surface area contributed by atoms with Crippen LogP contribution < -0.4 is 10.6 Å². The monoisotopic (exact) mass is 389 g/mol. The van der Waals surface area contributed by atoms with E-state index in [0.29, 0.717) is 31.8 Å². The first-order valence-electron chi connectivity index (χ1n) is 10.4. The highest BCUT2D eigenvalue weighted by Gasteiger charge is 2.13. The van der Waals surface area contributed by atoms with Crippen LogP contribution in [-0.4, -0.2) is 68.2 Å². The molecule has 2 N–H and O–H groups in total. The lowest BCUT2D eigenvalue weighted by Gasteiger charge is -2.19. The zero-order valence-corrected chi connectivity index (χ0v) is 17.3. The number of nitrogens with zero attached hydrogens (tertiary/aromatic N) is 3. The van der Waals surface area contributed by atoms with Crippen molar-refractivity contribution in [2.24, 2.45) is 4.99 Å². The van der Waals surface area contributed by atoms with Crippen molar-refractivity contribution in [2.75, 3.05) is 40.3 Å². The summed E-state index contributed by atoms with van der Waals surface area (Å²) >= 11 is 0. The molecule has 0 radical (unpaired) electrons. The van der Waals surface area contributed by atoms with Crippen molar-refractivity contribution < 1.29 is 9.53 Å². The summed E-state index contributed by atoms with van der Waals surface area (Å²) < 4.78 is 5.97. The Hall–Kier alpha value is -2.15. The fourth-order valence-corrected chi connectivity index (χ4v) is 3.27. The SMILES string of the molecule is CN=C(NCCOC1CCCCCC1)NCC(=O)N(C)CCc1ccccn1. The summed E-state index contributed by atoms with van der Waals surface area (Å²) in [6.07, 6.45) is 10.5. The Morgan fingerprint density at radius 1 is 1.25 bits per heavy atom. The summed E-state index contributed by atoms with van der Waals surface area (Å²) in [6.45, 7) is 2.18. The molecule has 0 aromatic carbocycles. The largest absolute Gasteiger partial charge is 0.376 e. The van der Waals surface area contributed by atoms with Gasteiger partial charge in [-0.1, -0.05) is 31.7 Å². The lowest BCUT2D eigenvalue weighted by molar-refractivity contribution is -0.128. The molecule has 1 heterocycles. The van der Waals surface area contributed by atoms with Crippen LogP contribution in [0.2, 0.25) is 0 Å². The molecule has 1 aromatic rings. The zero-order chi connectivity index (χ0) is 20.0. The maximum absolute atomic E-state index is 12.3.